The van der Waals surface area contributed by atoms with E-state index < -0.39 is 6.04 Å². The molecule has 0 unspecified atom stereocenters. The van der Waals surface area contributed by atoms with Crippen LogP contribution in [0.4, 0.5) is 0 Å². The van der Waals surface area contributed by atoms with Gasteiger partial charge in [-0.15, -0.1) is 0 Å². The lowest BCUT2D eigenvalue weighted by atomic mass is 9.95. The minimum absolute atomic E-state index is 0.0305. The second-order valence-corrected chi connectivity index (χ2v) is 7.61. The molecule has 3 rings (SSSR count). The fourth-order valence-electron chi connectivity index (χ4n) is 4.34. The van der Waals surface area contributed by atoms with E-state index in [1.807, 2.05) is 32.0 Å². The molecule has 30 heavy (non-hydrogen) atoms. The third kappa shape index (κ3) is 4.18. The van der Waals surface area contributed by atoms with Crippen LogP contribution in [0.2, 0.25) is 0 Å². The summed E-state index contributed by atoms with van der Waals surface area (Å²) >= 11 is 0. The molecule has 1 aliphatic heterocycles. The molecule has 1 atom stereocenters. The van der Waals surface area contributed by atoms with E-state index in [1.54, 1.807) is 24.9 Å². The van der Waals surface area contributed by atoms with Crippen LogP contribution in [0, 0.1) is 6.92 Å². The standard InChI is InChI=1S/C23H33N3O4/c1-6-24-10-12-25(13-11-24)22(18-9-8-17(29-4)15-20(18)30-5)21-19(27)14-16(3)26(7-2)23(21)28/h8-9,14-15,22,27H,6-7,10-13H2,1-5H3/t22-/m0/s1. The van der Waals surface area contributed by atoms with E-state index in [1.165, 1.54) is 0 Å². The number of aromatic nitrogens is 1. The van der Waals surface area contributed by atoms with E-state index in [2.05, 4.69) is 16.7 Å². The van der Waals surface area contributed by atoms with Gasteiger partial charge in [-0.3, -0.25) is 9.69 Å². The number of benzene rings is 1. The number of piperazine rings is 1. The molecule has 164 valence electrons. The van der Waals surface area contributed by atoms with Gasteiger partial charge in [-0.05, 0) is 38.6 Å². The summed E-state index contributed by atoms with van der Waals surface area (Å²) in [5.74, 6) is 1.35. The Kier molecular flexibility index (Phi) is 7.05. The van der Waals surface area contributed by atoms with Crippen LogP contribution in [0.3, 0.4) is 0 Å². The van der Waals surface area contributed by atoms with Crippen molar-refractivity contribution in [2.45, 2.75) is 33.4 Å². The van der Waals surface area contributed by atoms with Crippen LogP contribution in [-0.2, 0) is 6.54 Å². The predicted molar refractivity (Wildman–Crippen MR) is 118 cm³/mol. The van der Waals surface area contributed by atoms with Gasteiger partial charge in [-0.25, -0.2) is 0 Å². The minimum Gasteiger partial charge on any atom is -0.507 e. The van der Waals surface area contributed by atoms with Crippen molar-refractivity contribution >= 4 is 0 Å². The summed E-state index contributed by atoms with van der Waals surface area (Å²) in [6.07, 6.45) is 0. The summed E-state index contributed by atoms with van der Waals surface area (Å²) in [6.45, 7) is 10.9. The lowest BCUT2D eigenvalue weighted by molar-refractivity contribution is 0.110. The van der Waals surface area contributed by atoms with Gasteiger partial charge >= 0.3 is 0 Å². The molecule has 0 radical (unpaired) electrons. The molecule has 1 saturated heterocycles. The maximum atomic E-state index is 13.4. The average molecular weight is 416 g/mol. The second kappa shape index (κ2) is 9.53. The van der Waals surface area contributed by atoms with Crippen LogP contribution in [0.25, 0.3) is 0 Å². The third-order valence-electron chi connectivity index (χ3n) is 6.07. The maximum Gasteiger partial charge on any atom is 0.259 e. The van der Waals surface area contributed by atoms with Crippen molar-refractivity contribution in [3.8, 4) is 17.2 Å². The van der Waals surface area contributed by atoms with Crippen LogP contribution in [0.1, 0.15) is 36.7 Å². The summed E-state index contributed by atoms with van der Waals surface area (Å²) in [7, 11) is 3.23. The summed E-state index contributed by atoms with van der Waals surface area (Å²) in [4.78, 5) is 18.1. The van der Waals surface area contributed by atoms with Gasteiger partial charge in [0.05, 0.1) is 25.8 Å². The van der Waals surface area contributed by atoms with E-state index in [-0.39, 0.29) is 11.3 Å². The zero-order valence-corrected chi connectivity index (χ0v) is 18.6. The molecular formula is C23H33N3O4. The van der Waals surface area contributed by atoms with Crippen LogP contribution in [-0.4, -0.2) is 66.4 Å². The van der Waals surface area contributed by atoms with Crippen molar-refractivity contribution in [3.05, 3.63) is 51.4 Å². The fraction of sp³-hybridized carbons (Fsp3) is 0.522. The minimum atomic E-state index is -0.407. The summed E-state index contributed by atoms with van der Waals surface area (Å²) in [5.41, 5.74) is 1.84. The molecular weight excluding hydrogens is 382 g/mol. The van der Waals surface area contributed by atoms with Crippen molar-refractivity contribution in [3.63, 3.8) is 0 Å². The molecule has 1 aromatic heterocycles. The molecule has 0 saturated carbocycles. The molecule has 0 spiro atoms. The molecule has 7 nitrogen and oxygen atoms in total. The average Bonchev–Trinajstić information content (AvgIpc) is 2.76. The zero-order chi connectivity index (χ0) is 21.8. The highest BCUT2D eigenvalue weighted by molar-refractivity contribution is 5.49. The van der Waals surface area contributed by atoms with Crippen LogP contribution >= 0.6 is 0 Å². The number of ether oxygens (including phenoxy) is 2. The zero-order valence-electron chi connectivity index (χ0n) is 18.6. The summed E-state index contributed by atoms with van der Waals surface area (Å²) < 4.78 is 12.7. The molecule has 2 aromatic rings. The van der Waals surface area contributed by atoms with Crippen LogP contribution in [0.5, 0.6) is 17.2 Å². The van der Waals surface area contributed by atoms with E-state index in [4.69, 9.17) is 9.47 Å². The Morgan fingerprint density at radius 3 is 2.30 bits per heavy atom. The van der Waals surface area contributed by atoms with Gasteiger partial charge in [0.15, 0.2) is 0 Å². The largest absolute Gasteiger partial charge is 0.507 e. The van der Waals surface area contributed by atoms with Crippen molar-refractivity contribution in [1.29, 1.82) is 0 Å². The van der Waals surface area contributed by atoms with Crippen molar-refractivity contribution in [1.82, 2.24) is 14.4 Å². The first-order valence-corrected chi connectivity index (χ1v) is 10.6. The number of likely N-dealkylation sites (N-methyl/N-ethyl adjacent to an activating group) is 1. The highest BCUT2D eigenvalue weighted by Gasteiger charge is 2.33. The summed E-state index contributed by atoms with van der Waals surface area (Å²) in [5, 5.41) is 10.9. The molecule has 0 amide bonds. The van der Waals surface area contributed by atoms with Gasteiger partial charge < -0.3 is 24.0 Å². The maximum absolute atomic E-state index is 13.4. The highest BCUT2D eigenvalue weighted by atomic mass is 16.5. The number of aromatic hydroxyl groups is 1. The third-order valence-corrected chi connectivity index (χ3v) is 6.07. The number of pyridine rings is 1. The molecule has 0 aliphatic carbocycles. The van der Waals surface area contributed by atoms with Crippen LogP contribution in [0.15, 0.2) is 29.1 Å². The Morgan fingerprint density at radius 1 is 1.03 bits per heavy atom. The highest BCUT2D eigenvalue weighted by Crippen LogP contribution is 2.39. The molecule has 7 heteroatoms. The van der Waals surface area contributed by atoms with Gasteiger partial charge in [-0.2, -0.15) is 0 Å². The smallest absolute Gasteiger partial charge is 0.259 e. The normalized spacial score (nSPS) is 16.4. The van der Waals surface area contributed by atoms with E-state index >= 15 is 0 Å². The van der Waals surface area contributed by atoms with E-state index in [9.17, 15) is 9.90 Å². The van der Waals surface area contributed by atoms with E-state index in [0.717, 1.165) is 44.0 Å². The Labute approximate surface area is 178 Å². The van der Waals surface area contributed by atoms with E-state index in [0.29, 0.717) is 23.6 Å². The molecule has 1 aromatic carbocycles. The lowest BCUT2D eigenvalue weighted by Gasteiger charge is -2.39. The Morgan fingerprint density at radius 2 is 1.73 bits per heavy atom. The Balaban J connectivity index is 2.19. The Hall–Kier alpha value is -2.51. The number of hydrogen-bond acceptors (Lipinski definition) is 6. The molecule has 1 fully saturated rings. The number of methoxy groups -OCH3 is 2. The van der Waals surface area contributed by atoms with Crippen molar-refractivity contribution < 1.29 is 14.6 Å². The fourth-order valence-corrected chi connectivity index (χ4v) is 4.34. The second-order valence-electron chi connectivity index (χ2n) is 7.61. The lowest BCUT2D eigenvalue weighted by Crippen LogP contribution is -2.48. The molecule has 1 aliphatic rings. The molecule has 0 bridgehead atoms. The number of aryl methyl sites for hydroxylation is 1. The number of hydrogen-bond donors (Lipinski definition) is 1. The van der Waals surface area contributed by atoms with Gasteiger partial charge in [0.1, 0.15) is 17.2 Å². The van der Waals surface area contributed by atoms with Gasteiger partial charge in [-0.1, -0.05) is 6.92 Å². The van der Waals surface area contributed by atoms with Crippen molar-refractivity contribution in [2.75, 3.05) is 46.9 Å². The monoisotopic (exact) mass is 415 g/mol. The predicted octanol–water partition coefficient (Wildman–Crippen LogP) is 2.63. The molecule has 1 N–H and O–H groups in total. The number of rotatable bonds is 7. The summed E-state index contributed by atoms with van der Waals surface area (Å²) in [6, 6.07) is 6.91. The first-order chi connectivity index (χ1) is 14.4. The SMILES string of the molecule is CCN1CCN([C@@H](c2ccc(OC)cc2OC)c2c(O)cc(C)n(CC)c2=O)CC1. The first-order valence-electron chi connectivity index (χ1n) is 10.6. The number of nitrogens with zero attached hydrogens (tertiary/aromatic N) is 3. The molecule has 2 heterocycles. The van der Waals surface area contributed by atoms with Gasteiger partial charge in [0, 0.05) is 50.0 Å². The van der Waals surface area contributed by atoms with Gasteiger partial charge in [0.25, 0.3) is 5.56 Å². The first kappa shape index (κ1) is 22.2. The van der Waals surface area contributed by atoms with Crippen molar-refractivity contribution in [2.24, 2.45) is 0 Å². The van der Waals surface area contributed by atoms with Crippen LogP contribution < -0.4 is 15.0 Å². The topological polar surface area (TPSA) is 67.2 Å². The van der Waals surface area contributed by atoms with Gasteiger partial charge in [0.2, 0.25) is 0 Å². The Bertz CT molecular complexity index is 933. The quantitative estimate of drug-likeness (QED) is 0.750.